The molecule has 1 aliphatic carbocycles. The maximum absolute atomic E-state index is 12.8. The van der Waals surface area contributed by atoms with E-state index in [4.69, 9.17) is 4.98 Å². The summed E-state index contributed by atoms with van der Waals surface area (Å²) >= 11 is 1.66. The molecule has 1 aromatic carbocycles. The molecule has 31 heavy (non-hydrogen) atoms. The Balaban J connectivity index is 1.43. The quantitative estimate of drug-likeness (QED) is 0.608. The van der Waals surface area contributed by atoms with E-state index in [-0.39, 0.29) is 16.9 Å². The molecule has 0 radical (unpaired) electrons. The zero-order valence-corrected chi connectivity index (χ0v) is 19.6. The van der Waals surface area contributed by atoms with Crippen molar-refractivity contribution < 1.29 is 4.79 Å². The molecule has 6 heteroatoms. The molecule has 2 N–H and O–H groups in total. The topological polar surface area (TPSA) is 74.8 Å². The van der Waals surface area contributed by atoms with Crippen LogP contribution in [-0.4, -0.2) is 15.9 Å². The summed E-state index contributed by atoms with van der Waals surface area (Å²) in [5.74, 6) is 1.18. The van der Waals surface area contributed by atoms with Crippen LogP contribution >= 0.6 is 11.3 Å². The van der Waals surface area contributed by atoms with Crippen molar-refractivity contribution in [1.29, 1.82) is 0 Å². The molecule has 5 nitrogen and oxygen atoms in total. The van der Waals surface area contributed by atoms with Crippen molar-refractivity contribution in [3.05, 3.63) is 62.0 Å². The number of carbonyl (C=O) groups excluding carboxylic acids is 1. The van der Waals surface area contributed by atoms with Crippen LogP contribution in [0.1, 0.15) is 61.0 Å². The van der Waals surface area contributed by atoms with Gasteiger partial charge in [-0.15, -0.1) is 11.3 Å². The molecule has 0 aliphatic heterocycles. The van der Waals surface area contributed by atoms with Gasteiger partial charge >= 0.3 is 0 Å². The van der Waals surface area contributed by atoms with Gasteiger partial charge in [0.05, 0.1) is 5.39 Å². The Morgan fingerprint density at radius 1 is 1.32 bits per heavy atom. The summed E-state index contributed by atoms with van der Waals surface area (Å²) in [5, 5.41) is 3.71. The maximum Gasteiger partial charge on any atom is 0.259 e. The van der Waals surface area contributed by atoms with E-state index in [0.717, 1.165) is 35.0 Å². The Morgan fingerprint density at radius 3 is 2.87 bits per heavy atom. The molecule has 3 aromatic rings. The molecule has 0 unspecified atom stereocenters. The van der Waals surface area contributed by atoms with Crippen LogP contribution in [0.15, 0.2) is 29.1 Å². The third-order valence-electron chi connectivity index (χ3n) is 6.35. The molecular weight excluding hydrogens is 406 g/mol. The van der Waals surface area contributed by atoms with Gasteiger partial charge in [-0.05, 0) is 48.6 Å². The summed E-state index contributed by atoms with van der Waals surface area (Å²) in [6.45, 7) is 9.43. The first-order valence-corrected chi connectivity index (χ1v) is 11.9. The fourth-order valence-electron chi connectivity index (χ4n) is 4.43. The second-order valence-corrected chi connectivity index (χ2v) is 10.9. The SMILES string of the molecule is Cc1cccc(CNC(=O)CCc2nc3sc4c(c3c(=O)[nH]2)CC[C@@H](C(C)(C)C)C4)c1. The van der Waals surface area contributed by atoms with Crippen molar-refractivity contribution in [2.24, 2.45) is 11.3 Å². The number of aromatic amines is 1. The standard InChI is InChI=1S/C25H31N3O2S/c1-15-6-5-7-16(12-15)14-26-21(29)11-10-20-27-23(30)22-18-9-8-17(25(2,3)4)13-19(18)31-24(22)28-20/h5-7,12,17H,8-11,13-14H2,1-4H3,(H,26,29)(H,27,28,30)/t17-/m1/s1. The van der Waals surface area contributed by atoms with Gasteiger partial charge in [0.1, 0.15) is 10.7 Å². The molecule has 1 amide bonds. The second kappa shape index (κ2) is 8.58. The van der Waals surface area contributed by atoms with Gasteiger partial charge in [-0.1, -0.05) is 50.6 Å². The second-order valence-electron chi connectivity index (χ2n) is 9.77. The molecule has 0 bridgehead atoms. The van der Waals surface area contributed by atoms with Gasteiger partial charge in [-0.2, -0.15) is 0 Å². The van der Waals surface area contributed by atoms with E-state index >= 15 is 0 Å². The molecule has 1 aliphatic rings. The number of benzene rings is 1. The van der Waals surface area contributed by atoms with Crippen LogP contribution in [-0.2, 0) is 30.6 Å². The lowest BCUT2D eigenvalue weighted by molar-refractivity contribution is -0.121. The molecule has 4 rings (SSSR count). The average Bonchev–Trinajstić information content (AvgIpc) is 3.08. The highest BCUT2D eigenvalue weighted by Crippen LogP contribution is 2.41. The number of nitrogens with zero attached hydrogens (tertiary/aromatic N) is 1. The number of rotatable bonds is 5. The number of aryl methyl sites for hydroxylation is 3. The van der Waals surface area contributed by atoms with E-state index < -0.39 is 0 Å². The van der Waals surface area contributed by atoms with Crippen LogP contribution < -0.4 is 10.9 Å². The lowest BCUT2D eigenvalue weighted by Gasteiger charge is -2.33. The number of aromatic nitrogens is 2. The molecule has 164 valence electrons. The summed E-state index contributed by atoms with van der Waals surface area (Å²) in [4.78, 5) is 34.9. The number of fused-ring (bicyclic) bond motifs is 3. The Morgan fingerprint density at radius 2 is 2.13 bits per heavy atom. The minimum absolute atomic E-state index is 0.0391. The highest BCUT2D eigenvalue weighted by molar-refractivity contribution is 7.18. The average molecular weight is 438 g/mol. The lowest BCUT2D eigenvalue weighted by atomic mass is 9.72. The first-order valence-electron chi connectivity index (χ1n) is 11.1. The highest BCUT2D eigenvalue weighted by atomic mass is 32.1. The molecular formula is C25H31N3O2S. The molecule has 2 heterocycles. The highest BCUT2D eigenvalue weighted by Gasteiger charge is 2.31. The smallest absolute Gasteiger partial charge is 0.259 e. The Bertz CT molecular complexity index is 1170. The fraction of sp³-hybridized carbons (Fsp3) is 0.480. The minimum Gasteiger partial charge on any atom is -0.352 e. The summed E-state index contributed by atoms with van der Waals surface area (Å²) in [6, 6.07) is 8.10. The van der Waals surface area contributed by atoms with E-state index in [1.807, 2.05) is 25.1 Å². The number of carbonyl (C=O) groups is 1. The lowest BCUT2D eigenvalue weighted by Crippen LogP contribution is -2.26. The number of H-pyrrole nitrogens is 1. The number of thiophene rings is 1. The van der Waals surface area contributed by atoms with Crippen molar-refractivity contribution in [3.63, 3.8) is 0 Å². The van der Waals surface area contributed by atoms with Crippen LogP contribution in [0.3, 0.4) is 0 Å². The Hall–Kier alpha value is -2.47. The Kier molecular flexibility index (Phi) is 6.02. The summed E-state index contributed by atoms with van der Waals surface area (Å²) < 4.78 is 0. The molecule has 0 saturated carbocycles. The number of hydrogen-bond donors (Lipinski definition) is 2. The number of hydrogen-bond acceptors (Lipinski definition) is 4. The van der Waals surface area contributed by atoms with Gasteiger partial charge in [0.2, 0.25) is 5.91 Å². The summed E-state index contributed by atoms with van der Waals surface area (Å²) in [7, 11) is 0. The molecule has 1 atom stereocenters. The van der Waals surface area contributed by atoms with Crippen molar-refractivity contribution in [2.45, 2.75) is 66.3 Å². The molecule has 0 spiro atoms. The summed E-state index contributed by atoms with van der Waals surface area (Å²) in [6.07, 6.45) is 3.82. The van der Waals surface area contributed by atoms with E-state index in [0.29, 0.717) is 31.1 Å². The first-order chi connectivity index (χ1) is 14.7. The van der Waals surface area contributed by atoms with E-state index in [1.165, 1.54) is 16.0 Å². The van der Waals surface area contributed by atoms with Crippen molar-refractivity contribution in [3.8, 4) is 0 Å². The largest absolute Gasteiger partial charge is 0.352 e. The van der Waals surface area contributed by atoms with Crippen LogP contribution in [0.2, 0.25) is 0 Å². The van der Waals surface area contributed by atoms with Gasteiger partial charge < -0.3 is 10.3 Å². The number of nitrogens with one attached hydrogen (secondary N) is 2. The maximum atomic E-state index is 12.8. The molecule has 0 saturated heterocycles. The Labute approximate surface area is 187 Å². The van der Waals surface area contributed by atoms with Gasteiger partial charge in [-0.25, -0.2) is 4.98 Å². The zero-order valence-electron chi connectivity index (χ0n) is 18.8. The predicted octanol–water partition coefficient (Wildman–Crippen LogP) is 4.69. The molecule has 0 fully saturated rings. The monoisotopic (exact) mass is 437 g/mol. The van der Waals surface area contributed by atoms with Crippen molar-refractivity contribution in [2.75, 3.05) is 0 Å². The predicted molar refractivity (Wildman–Crippen MR) is 127 cm³/mol. The fourth-order valence-corrected chi connectivity index (χ4v) is 5.75. The molecule has 2 aromatic heterocycles. The van der Waals surface area contributed by atoms with Gasteiger partial charge in [0.15, 0.2) is 0 Å². The number of amides is 1. The van der Waals surface area contributed by atoms with Crippen LogP contribution in [0.4, 0.5) is 0 Å². The van der Waals surface area contributed by atoms with Crippen molar-refractivity contribution >= 4 is 27.5 Å². The van der Waals surface area contributed by atoms with Gasteiger partial charge in [0, 0.05) is 24.3 Å². The van der Waals surface area contributed by atoms with Crippen LogP contribution in [0, 0.1) is 18.3 Å². The minimum atomic E-state index is -0.0631. The third kappa shape index (κ3) is 4.90. The van der Waals surface area contributed by atoms with E-state index in [1.54, 1.807) is 11.3 Å². The first kappa shape index (κ1) is 21.8. The zero-order chi connectivity index (χ0) is 22.2. The normalized spacial score (nSPS) is 16.3. The van der Waals surface area contributed by atoms with Crippen LogP contribution in [0.5, 0.6) is 0 Å². The van der Waals surface area contributed by atoms with Gasteiger partial charge in [-0.3, -0.25) is 9.59 Å². The van der Waals surface area contributed by atoms with E-state index in [9.17, 15) is 9.59 Å². The van der Waals surface area contributed by atoms with Crippen molar-refractivity contribution in [1.82, 2.24) is 15.3 Å². The van der Waals surface area contributed by atoms with Gasteiger partial charge in [0.25, 0.3) is 5.56 Å². The van der Waals surface area contributed by atoms with E-state index in [2.05, 4.69) is 37.1 Å². The summed E-state index contributed by atoms with van der Waals surface area (Å²) in [5.41, 5.74) is 3.65. The van der Waals surface area contributed by atoms with Crippen LogP contribution in [0.25, 0.3) is 10.2 Å². The third-order valence-corrected chi connectivity index (χ3v) is 7.50.